The van der Waals surface area contributed by atoms with E-state index >= 15 is 0 Å². The molecule has 0 heterocycles. The summed E-state index contributed by atoms with van der Waals surface area (Å²) in [6.45, 7) is 0. The predicted octanol–water partition coefficient (Wildman–Crippen LogP) is 0.187. The molecule has 3 N–H and O–H groups in total. The van der Waals surface area contributed by atoms with Gasteiger partial charge in [-0.15, -0.1) is 0 Å². The minimum Gasteiger partial charge on any atom is -0.328 e. The third kappa shape index (κ3) is 87.3. The fourth-order valence-corrected chi connectivity index (χ4v) is 0. The molecule has 0 fully saturated rings. The fourth-order valence-electron chi connectivity index (χ4n) is 0. The summed E-state index contributed by atoms with van der Waals surface area (Å²) in [5, 5.41) is 0. The van der Waals surface area contributed by atoms with Crippen LogP contribution in [0.4, 0.5) is 39.5 Å². The topological polar surface area (TPSA) is 60.7 Å². The molecule has 0 amide bonds. The summed E-state index contributed by atoms with van der Waals surface area (Å²) in [7, 11) is -1.95. The summed E-state index contributed by atoms with van der Waals surface area (Å²) >= 11 is 0. The lowest BCUT2D eigenvalue weighted by molar-refractivity contribution is -0.110. The summed E-state index contributed by atoms with van der Waals surface area (Å²) in [5.41, 5.74) is 0. The second-order valence-corrected chi connectivity index (χ2v) is 5.83. The molecular weight excluding hydrogens is 406 g/mol. The Kier molecular flexibility index (Phi) is 20.5. The van der Waals surface area contributed by atoms with Gasteiger partial charge in [-0.25, -0.2) is 0 Å². The van der Waals surface area contributed by atoms with Crippen LogP contribution in [-0.4, -0.2) is 63.9 Å². The van der Waals surface area contributed by atoms with Crippen LogP contribution in [0.1, 0.15) is 0 Å². The number of hydrogen-bond donors (Lipinski definition) is 3. The Morgan fingerprint density at radius 3 is 0.591 bits per heavy atom. The molecule has 0 aliphatic heterocycles. The molecule has 0 aliphatic rings. The Labute approximate surface area is 131 Å². The van der Waals surface area contributed by atoms with Crippen molar-refractivity contribution in [2.45, 2.75) is 36.7 Å². The quantitative estimate of drug-likeness (QED) is 0.296. The SMILES string of the molecule is FC(F)(F)C[SiH3].FC(F)(F)C[SiH3].FC(F)(F)C[SiH3].OP(O)O. The smallest absolute Gasteiger partial charge is 0.328 e. The van der Waals surface area contributed by atoms with Gasteiger partial charge in [-0.3, -0.25) is 0 Å². The zero-order valence-corrected chi connectivity index (χ0v) is 18.7. The van der Waals surface area contributed by atoms with Crippen LogP contribution in [-0.2, 0) is 0 Å². The first-order valence-electron chi connectivity index (χ1n) is 5.48. The van der Waals surface area contributed by atoms with Gasteiger partial charge in [0.05, 0.1) is 0 Å². The third-order valence-corrected chi connectivity index (χ3v) is 3.61. The van der Waals surface area contributed by atoms with E-state index in [2.05, 4.69) is 0 Å². The summed E-state index contributed by atoms with van der Waals surface area (Å²) < 4.78 is 97.4. The molecule has 0 rings (SSSR count). The van der Waals surface area contributed by atoms with Gasteiger partial charge in [-0.05, 0) is 0 Å². The second kappa shape index (κ2) is 14.9. The molecule has 3 nitrogen and oxygen atoms in total. The van der Waals surface area contributed by atoms with Crippen LogP contribution >= 0.6 is 8.60 Å². The lowest BCUT2D eigenvalue weighted by Crippen LogP contribution is -2.03. The zero-order valence-electron chi connectivity index (χ0n) is 11.8. The Morgan fingerprint density at radius 2 is 0.591 bits per heavy atom. The Morgan fingerprint density at radius 1 is 0.545 bits per heavy atom. The van der Waals surface area contributed by atoms with Crippen molar-refractivity contribution < 1.29 is 54.2 Å². The van der Waals surface area contributed by atoms with E-state index in [1.165, 1.54) is 0 Å². The van der Waals surface area contributed by atoms with Gasteiger partial charge in [-0.1, -0.05) is 0 Å². The van der Waals surface area contributed by atoms with Crippen molar-refractivity contribution in [3.63, 3.8) is 0 Å². The van der Waals surface area contributed by atoms with E-state index in [4.69, 9.17) is 14.7 Å². The monoisotopic (exact) mass is 424 g/mol. The van der Waals surface area contributed by atoms with Gasteiger partial charge in [0.25, 0.3) is 0 Å². The summed E-state index contributed by atoms with van der Waals surface area (Å²) in [6.07, 6.45) is -11.7. The van der Waals surface area contributed by atoms with E-state index in [-0.39, 0.29) is 30.7 Å². The van der Waals surface area contributed by atoms with Crippen LogP contribution in [0.15, 0.2) is 0 Å². The van der Waals surface area contributed by atoms with Crippen molar-refractivity contribution in [3.8, 4) is 0 Å². The van der Waals surface area contributed by atoms with Gasteiger partial charge in [-0.2, -0.15) is 39.5 Å². The molecule has 0 aliphatic carbocycles. The van der Waals surface area contributed by atoms with Gasteiger partial charge in [0.1, 0.15) is 0 Å². The molecule has 0 aromatic rings. The summed E-state index contributed by atoms with van der Waals surface area (Å²) in [5.74, 6) is 0. The maximum absolute atomic E-state index is 10.8. The van der Waals surface area contributed by atoms with Crippen LogP contribution in [0.25, 0.3) is 0 Å². The molecule has 22 heavy (non-hydrogen) atoms. The predicted molar refractivity (Wildman–Crippen MR) is 76.0 cm³/mol. The molecule has 0 aromatic carbocycles. The van der Waals surface area contributed by atoms with E-state index in [9.17, 15) is 39.5 Å². The van der Waals surface area contributed by atoms with Gasteiger partial charge in [0.2, 0.25) is 0 Å². The highest BCUT2D eigenvalue weighted by molar-refractivity contribution is 7.38. The van der Waals surface area contributed by atoms with E-state index < -0.39 is 45.3 Å². The van der Waals surface area contributed by atoms with Gasteiger partial charge in [0.15, 0.2) is 0 Å². The van der Waals surface area contributed by atoms with Crippen LogP contribution < -0.4 is 0 Å². The normalized spacial score (nSPS) is 11.9. The molecule has 16 heteroatoms. The first-order chi connectivity index (χ1) is 9.41. The summed E-state index contributed by atoms with van der Waals surface area (Å²) in [6, 6.07) is -1.77. The lowest BCUT2D eigenvalue weighted by atomic mass is 10.8. The molecule has 0 unspecified atom stereocenters. The van der Waals surface area contributed by atoms with Crippen molar-refractivity contribution >= 4 is 39.3 Å². The number of halogens is 9. The van der Waals surface area contributed by atoms with Gasteiger partial charge < -0.3 is 14.7 Å². The highest BCUT2D eigenvalue weighted by Crippen LogP contribution is 2.18. The van der Waals surface area contributed by atoms with Gasteiger partial charge in [0, 0.05) is 48.9 Å². The first-order valence-corrected chi connectivity index (χ1v) is 10.9. The first kappa shape index (κ1) is 30.2. The van der Waals surface area contributed by atoms with E-state index in [1.807, 2.05) is 0 Å². The zero-order chi connectivity index (χ0) is 19.2. The molecule has 0 radical (unpaired) electrons. The standard InChI is InChI=1S/3C2H5F3Si.H3O3P/c3*3-2(4,5)1-6;1-4(2)3/h3*1H2,6H3;1-3H. The molecule has 0 spiro atoms. The minimum absolute atomic E-state index is 0.223. The molecular formula is C6H18F9O3PSi3. The highest BCUT2D eigenvalue weighted by atomic mass is 31.2. The van der Waals surface area contributed by atoms with Crippen LogP contribution in [0.5, 0.6) is 0 Å². The number of rotatable bonds is 0. The minimum atomic E-state index is -3.90. The highest BCUT2D eigenvalue weighted by Gasteiger charge is 2.23. The van der Waals surface area contributed by atoms with Gasteiger partial charge >= 0.3 is 27.1 Å². The molecule has 0 saturated heterocycles. The van der Waals surface area contributed by atoms with E-state index in [0.29, 0.717) is 0 Å². The largest absolute Gasteiger partial charge is 0.386 e. The Hall–Kier alpha value is 0.331. The van der Waals surface area contributed by atoms with Crippen molar-refractivity contribution in [1.29, 1.82) is 0 Å². The second-order valence-electron chi connectivity index (χ2n) is 3.17. The maximum Gasteiger partial charge on any atom is 0.386 e. The molecule has 140 valence electrons. The Balaban J connectivity index is -0.0000000994. The maximum atomic E-state index is 10.8. The van der Waals surface area contributed by atoms with Crippen LogP contribution in [0, 0.1) is 0 Å². The van der Waals surface area contributed by atoms with E-state index in [0.717, 1.165) is 0 Å². The molecule has 0 saturated carbocycles. The van der Waals surface area contributed by atoms with Crippen molar-refractivity contribution in [2.75, 3.05) is 0 Å². The lowest BCUT2D eigenvalue weighted by Gasteiger charge is -1.96. The van der Waals surface area contributed by atoms with Crippen LogP contribution in [0.3, 0.4) is 0 Å². The van der Waals surface area contributed by atoms with Crippen molar-refractivity contribution in [2.24, 2.45) is 0 Å². The Bertz CT molecular complexity index is 198. The third-order valence-electron chi connectivity index (χ3n) is 1.20. The molecule has 0 bridgehead atoms. The molecule has 0 aromatic heterocycles. The average Bonchev–Trinajstić information content (AvgIpc) is 2.27. The average molecular weight is 424 g/mol. The van der Waals surface area contributed by atoms with Crippen molar-refractivity contribution in [1.82, 2.24) is 0 Å². The molecule has 0 atom stereocenters. The number of alkyl halides is 9. The fraction of sp³-hybridized carbons (Fsp3) is 1.00. The van der Waals surface area contributed by atoms with Crippen molar-refractivity contribution in [3.05, 3.63) is 0 Å². The summed E-state index contributed by atoms with van der Waals surface area (Å²) in [4.78, 5) is 21.7. The number of hydrogen-bond acceptors (Lipinski definition) is 3. The van der Waals surface area contributed by atoms with E-state index in [1.54, 1.807) is 0 Å². The van der Waals surface area contributed by atoms with Crippen LogP contribution in [0.2, 0.25) is 18.1 Å².